The van der Waals surface area contributed by atoms with Gasteiger partial charge in [-0.25, -0.2) is 8.42 Å². The molecule has 3 aromatic carbocycles. The Morgan fingerprint density at radius 3 is 1.92 bits per heavy atom. The lowest BCUT2D eigenvalue weighted by Gasteiger charge is -2.17. The summed E-state index contributed by atoms with van der Waals surface area (Å²) in [6, 6.07) is 21.3. The van der Waals surface area contributed by atoms with Crippen molar-refractivity contribution in [3.8, 4) is 0 Å². The second-order valence-corrected chi connectivity index (χ2v) is 8.39. The Bertz CT molecular complexity index is 991. The average Bonchev–Trinajstić information content (AvgIpc) is 2.64. The van der Waals surface area contributed by atoms with E-state index in [1.807, 2.05) is 0 Å². The van der Waals surface area contributed by atoms with Crippen LogP contribution >= 0.6 is 0 Å². The molecule has 0 heterocycles. The van der Waals surface area contributed by atoms with Crippen LogP contribution in [0.2, 0.25) is 0 Å². The zero-order valence-electron chi connectivity index (χ0n) is 15.1. The average molecular weight is 367 g/mol. The van der Waals surface area contributed by atoms with Gasteiger partial charge in [0.05, 0.1) is 4.90 Å². The molecule has 3 nitrogen and oxygen atoms in total. The lowest BCUT2D eigenvalue weighted by Crippen LogP contribution is -2.01. The summed E-state index contributed by atoms with van der Waals surface area (Å²) in [5.41, 5.74) is 2.40. The highest BCUT2D eigenvalue weighted by atomic mass is 32.2. The number of fused-ring (bicyclic) bond motifs is 1. The normalized spacial score (nSPS) is 14.3. The molecule has 0 radical (unpaired) electrons. The first-order valence-corrected chi connectivity index (χ1v) is 10.3. The molecule has 0 bridgehead atoms. The van der Waals surface area contributed by atoms with Crippen molar-refractivity contribution in [1.82, 2.24) is 0 Å². The molecule has 3 aromatic rings. The molecule has 0 aromatic heterocycles. The third kappa shape index (κ3) is 4.32. The van der Waals surface area contributed by atoms with Crippen molar-refractivity contribution in [3.63, 3.8) is 0 Å². The minimum Gasteiger partial charge on any atom is -0.744 e. The fourth-order valence-electron chi connectivity index (χ4n) is 3.31. The maximum absolute atomic E-state index is 11.0. The summed E-state index contributed by atoms with van der Waals surface area (Å²) >= 11 is 0. The molecule has 0 fully saturated rings. The van der Waals surface area contributed by atoms with Crippen molar-refractivity contribution in [2.45, 2.75) is 43.4 Å². The van der Waals surface area contributed by atoms with Crippen LogP contribution in [0.3, 0.4) is 0 Å². The van der Waals surface area contributed by atoms with Crippen molar-refractivity contribution >= 4 is 20.9 Å². The van der Waals surface area contributed by atoms with E-state index in [2.05, 4.69) is 56.3 Å². The van der Waals surface area contributed by atoms with Gasteiger partial charge in [0.1, 0.15) is 10.1 Å². The van der Waals surface area contributed by atoms with Crippen LogP contribution in [0.5, 0.6) is 0 Å². The third-order valence-corrected chi connectivity index (χ3v) is 5.96. The highest BCUT2D eigenvalue weighted by molar-refractivity contribution is 7.85. The fraction of sp³-hybridized carbons (Fsp3) is 0.273. The van der Waals surface area contributed by atoms with E-state index < -0.39 is 10.1 Å². The molecule has 0 aliphatic carbocycles. The number of hydrogen-bond donors (Lipinski definition) is 0. The van der Waals surface area contributed by atoms with Crippen molar-refractivity contribution in [2.75, 3.05) is 0 Å². The van der Waals surface area contributed by atoms with Gasteiger partial charge in [0.15, 0.2) is 0 Å². The first kappa shape index (κ1) is 18.6. The third-order valence-electron chi connectivity index (χ3n) is 5.11. The SMILES string of the molecule is CC(CCC(C)c1ccc2ccccc2c1)c1ccc(S(=O)(=O)[O-])cc1. The molecule has 0 spiro atoms. The van der Waals surface area contributed by atoms with Crippen LogP contribution in [-0.4, -0.2) is 13.0 Å². The first-order valence-electron chi connectivity index (χ1n) is 8.89. The van der Waals surface area contributed by atoms with Crippen LogP contribution in [0, 0.1) is 0 Å². The van der Waals surface area contributed by atoms with Gasteiger partial charge >= 0.3 is 0 Å². The molecule has 4 heteroatoms. The Morgan fingerprint density at radius 1 is 0.769 bits per heavy atom. The minimum absolute atomic E-state index is 0.169. The van der Waals surface area contributed by atoms with Crippen molar-refractivity contribution in [3.05, 3.63) is 77.9 Å². The highest BCUT2D eigenvalue weighted by Crippen LogP contribution is 2.29. The molecule has 0 amide bonds. The standard InChI is InChI=1S/C22H24O3S/c1-16(18-11-13-22(14-12-18)26(23,24)25)7-8-17(2)20-10-9-19-5-3-4-6-21(19)15-20/h3-6,9-17H,7-8H2,1-2H3,(H,23,24,25)/p-1. The van der Waals surface area contributed by atoms with Crippen LogP contribution in [0.1, 0.15) is 49.7 Å². The Balaban J connectivity index is 1.65. The zero-order chi connectivity index (χ0) is 18.7. The Hall–Kier alpha value is -2.17. The molecule has 2 unspecified atom stereocenters. The van der Waals surface area contributed by atoms with Crippen molar-refractivity contribution in [1.29, 1.82) is 0 Å². The number of hydrogen-bond acceptors (Lipinski definition) is 3. The van der Waals surface area contributed by atoms with Gasteiger partial charge in [-0.3, -0.25) is 0 Å². The quantitative estimate of drug-likeness (QED) is 0.546. The smallest absolute Gasteiger partial charge is 0.124 e. The fourth-order valence-corrected chi connectivity index (χ4v) is 3.78. The van der Waals surface area contributed by atoms with Gasteiger partial charge in [0, 0.05) is 0 Å². The summed E-state index contributed by atoms with van der Waals surface area (Å²) in [6.45, 7) is 4.37. The van der Waals surface area contributed by atoms with Crippen LogP contribution < -0.4 is 0 Å². The Labute approximate surface area is 155 Å². The van der Waals surface area contributed by atoms with Crippen molar-refractivity contribution in [2.24, 2.45) is 0 Å². The summed E-state index contributed by atoms with van der Waals surface area (Å²) in [6.07, 6.45) is 2.04. The van der Waals surface area contributed by atoms with Gasteiger partial charge in [-0.15, -0.1) is 0 Å². The zero-order valence-corrected chi connectivity index (χ0v) is 15.9. The molecular weight excluding hydrogens is 344 g/mol. The van der Waals surface area contributed by atoms with Gasteiger partial charge in [-0.1, -0.05) is 68.4 Å². The minimum atomic E-state index is -4.38. The molecule has 0 N–H and O–H groups in total. The van der Waals surface area contributed by atoms with Crippen LogP contribution in [0.15, 0.2) is 71.6 Å². The Morgan fingerprint density at radius 2 is 1.31 bits per heavy atom. The lowest BCUT2D eigenvalue weighted by molar-refractivity contribution is 0.463. The molecule has 2 atom stereocenters. The molecule has 0 saturated carbocycles. The predicted molar refractivity (Wildman–Crippen MR) is 104 cm³/mol. The molecule has 0 aliphatic heterocycles. The van der Waals surface area contributed by atoms with E-state index in [4.69, 9.17) is 0 Å². The van der Waals surface area contributed by atoms with Gasteiger partial charge in [-0.2, -0.15) is 0 Å². The molecule has 3 rings (SSSR count). The highest BCUT2D eigenvalue weighted by Gasteiger charge is 2.11. The summed E-state index contributed by atoms with van der Waals surface area (Å²) in [5, 5.41) is 2.52. The Kier molecular flexibility index (Phi) is 5.44. The summed E-state index contributed by atoms with van der Waals surface area (Å²) in [5.74, 6) is 0.754. The number of benzene rings is 3. The lowest BCUT2D eigenvalue weighted by atomic mass is 9.88. The second kappa shape index (κ2) is 7.60. The van der Waals surface area contributed by atoms with E-state index in [1.54, 1.807) is 12.1 Å². The molecular formula is C22H23O3S-. The van der Waals surface area contributed by atoms with Gasteiger partial charge in [0.25, 0.3) is 0 Å². The molecule has 0 saturated heterocycles. The van der Waals surface area contributed by atoms with Gasteiger partial charge < -0.3 is 4.55 Å². The first-order chi connectivity index (χ1) is 12.3. The van der Waals surface area contributed by atoms with Crippen LogP contribution in [0.4, 0.5) is 0 Å². The largest absolute Gasteiger partial charge is 0.744 e. The van der Waals surface area contributed by atoms with Crippen LogP contribution in [-0.2, 0) is 10.1 Å². The maximum atomic E-state index is 11.0. The summed E-state index contributed by atoms with van der Waals surface area (Å²) < 4.78 is 33.1. The van der Waals surface area contributed by atoms with E-state index in [1.165, 1.54) is 28.5 Å². The van der Waals surface area contributed by atoms with E-state index in [0.717, 1.165) is 18.4 Å². The topological polar surface area (TPSA) is 57.2 Å². The molecule has 0 aliphatic rings. The van der Waals surface area contributed by atoms with Crippen LogP contribution in [0.25, 0.3) is 10.8 Å². The summed E-state index contributed by atoms with van der Waals surface area (Å²) in [4.78, 5) is -0.169. The summed E-state index contributed by atoms with van der Waals surface area (Å²) in [7, 11) is -4.38. The van der Waals surface area contributed by atoms with Crippen molar-refractivity contribution < 1.29 is 13.0 Å². The van der Waals surface area contributed by atoms with Gasteiger partial charge in [0.2, 0.25) is 0 Å². The second-order valence-electron chi connectivity index (χ2n) is 7.01. The monoisotopic (exact) mass is 367 g/mol. The maximum Gasteiger partial charge on any atom is 0.124 e. The number of rotatable bonds is 6. The van der Waals surface area contributed by atoms with Gasteiger partial charge in [-0.05, 0) is 58.7 Å². The predicted octanol–water partition coefficient (Wildman–Crippen LogP) is 5.43. The molecule has 26 heavy (non-hydrogen) atoms. The molecule has 136 valence electrons. The van der Waals surface area contributed by atoms with E-state index >= 15 is 0 Å². The van der Waals surface area contributed by atoms with E-state index in [9.17, 15) is 13.0 Å². The van der Waals surface area contributed by atoms with E-state index in [0.29, 0.717) is 11.8 Å². The van der Waals surface area contributed by atoms with E-state index in [-0.39, 0.29) is 4.90 Å².